The number of pyridine rings is 1. The zero-order chi connectivity index (χ0) is 13.5. The summed E-state index contributed by atoms with van der Waals surface area (Å²) in [6.45, 7) is 0.459. The highest BCUT2D eigenvalue weighted by Gasteiger charge is 2.32. The van der Waals surface area contributed by atoms with Gasteiger partial charge in [0, 0.05) is 18.9 Å². The number of hydrogen-bond acceptors (Lipinski definition) is 4. The summed E-state index contributed by atoms with van der Waals surface area (Å²) in [5, 5.41) is -0.442. The molecule has 0 saturated carbocycles. The molecule has 1 saturated heterocycles. The van der Waals surface area contributed by atoms with Gasteiger partial charge < -0.3 is 10.1 Å². The molecule has 0 radical (unpaired) electrons. The topological polar surface area (TPSA) is 77.5 Å². The minimum atomic E-state index is -3.04. The van der Waals surface area contributed by atoms with Crippen LogP contribution in [0, 0.1) is 0 Å². The van der Waals surface area contributed by atoms with Crippen LogP contribution in [0.2, 0.25) is 0 Å². The van der Waals surface area contributed by atoms with Gasteiger partial charge in [-0.15, -0.1) is 0 Å². The fourth-order valence-electron chi connectivity index (χ4n) is 2.61. The molecule has 0 aromatic carbocycles. The lowest BCUT2D eigenvalue weighted by atomic mass is 10.1. The molecule has 6 heteroatoms. The number of nitrogens with zero attached hydrogens (tertiary/aromatic N) is 2. The fourth-order valence-corrected chi connectivity index (χ4v) is 4.51. The Bertz CT molecular complexity index is 706. The van der Waals surface area contributed by atoms with E-state index < -0.39 is 15.1 Å². The van der Waals surface area contributed by atoms with E-state index in [-0.39, 0.29) is 5.75 Å². The number of rotatable bonds is 2. The second-order valence-corrected chi connectivity index (χ2v) is 7.32. The standard InChI is InChI=1S/C13H17N3O2S/c14-8-10-4-5-16-9-11(15-13(16)7-10)12-3-1-2-6-19(12,17)18/h4-5,7,9,12H,1-3,6,8,14H2. The highest BCUT2D eigenvalue weighted by molar-refractivity contribution is 7.91. The molecule has 3 rings (SSSR count). The Morgan fingerprint density at radius 2 is 2.26 bits per heavy atom. The molecule has 1 aliphatic rings. The Labute approximate surface area is 112 Å². The first-order valence-electron chi connectivity index (χ1n) is 6.49. The molecule has 102 valence electrons. The van der Waals surface area contributed by atoms with Gasteiger partial charge in [0.05, 0.1) is 11.4 Å². The Balaban J connectivity index is 2.05. The van der Waals surface area contributed by atoms with Gasteiger partial charge in [-0.3, -0.25) is 0 Å². The van der Waals surface area contributed by atoms with E-state index in [1.807, 2.05) is 28.9 Å². The zero-order valence-corrected chi connectivity index (χ0v) is 11.4. The maximum absolute atomic E-state index is 12.1. The highest BCUT2D eigenvalue weighted by Crippen LogP contribution is 2.32. The van der Waals surface area contributed by atoms with Crippen LogP contribution in [0.5, 0.6) is 0 Å². The van der Waals surface area contributed by atoms with E-state index in [1.165, 1.54) is 0 Å². The van der Waals surface area contributed by atoms with Gasteiger partial charge in [-0.1, -0.05) is 6.42 Å². The van der Waals surface area contributed by atoms with Crippen LogP contribution in [0.25, 0.3) is 5.65 Å². The van der Waals surface area contributed by atoms with Crippen LogP contribution in [0.1, 0.15) is 35.8 Å². The Kier molecular flexibility index (Phi) is 3.06. The van der Waals surface area contributed by atoms with Crippen molar-refractivity contribution in [1.82, 2.24) is 9.38 Å². The molecular weight excluding hydrogens is 262 g/mol. The average molecular weight is 279 g/mol. The molecule has 1 unspecified atom stereocenters. The summed E-state index contributed by atoms with van der Waals surface area (Å²) in [7, 11) is -3.04. The first-order valence-corrected chi connectivity index (χ1v) is 8.21. The summed E-state index contributed by atoms with van der Waals surface area (Å²) < 4.78 is 26.1. The molecular formula is C13H17N3O2S. The van der Waals surface area contributed by atoms with E-state index in [0.717, 1.165) is 24.1 Å². The van der Waals surface area contributed by atoms with Crippen molar-refractivity contribution in [3.63, 3.8) is 0 Å². The van der Waals surface area contributed by atoms with Gasteiger partial charge in [0.25, 0.3) is 0 Å². The van der Waals surface area contributed by atoms with Crippen LogP contribution in [0.15, 0.2) is 24.5 Å². The maximum atomic E-state index is 12.1. The van der Waals surface area contributed by atoms with Crippen molar-refractivity contribution in [3.8, 4) is 0 Å². The third-order valence-electron chi connectivity index (χ3n) is 3.69. The first-order chi connectivity index (χ1) is 9.10. The minimum absolute atomic E-state index is 0.277. The fraction of sp³-hybridized carbons (Fsp3) is 0.462. The quantitative estimate of drug-likeness (QED) is 0.902. The average Bonchev–Trinajstić information content (AvgIpc) is 2.80. The molecule has 0 amide bonds. The van der Waals surface area contributed by atoms with E-state index in [1.54, 1.807) is 0 Å². The summed E-state index contributed by atoms with van der Waals surface area (Å²) >= 11 is 0. The number of nitrogens with two attached hydrogens (primary N) is 1. The lowest BCUT2D eigenvalue weighted by molar-refractivity contribution is 0.543. The number of imidazole rings is 1. The van der Waals surface area contributed by atoms with Crippen molar-refractivity contribution in [2.75, 3.05) is 5.75 Å². The summed E-state index contributed by atoms with van der Waals surface area (Å²) in [4.78, 5) is 4.47. The second kappa shape index (κ2) is 4.61. The van der Waals surface area contributed by atoms with Gasteiger partial charge >= 0.3 is 0 Å². The van der Waals surface area contributed by atoms with Gasteiger partial charge in [-0.2, -0.15) is 0 Å². The monoisotopic (exact) mass is 279 g/mol. The number of fused-ring (bicyclic) bond motifs is 1. The maximum Gasteiger partial charge on any atom is 0.158 e. The second-order valence-electron chi connectivity index (χ2n) is 5.02. The molecule has 5 nitrogen and oxygen atoms in total. The van der Waals surface area contributed by atoms with Crippen LogP contribution in [-0.4, -0.2) is 23.6 Å². The van der Waals surface area contributed by atoms with Gasteiger partial charge in [0.15, 0.2) is 9.84 Å². The molecule has 2 N–H and O–H groups in total. The van der Waals surface area contributed by atoms with Crippen LogP contribution >= 0.6 is 0 Å². The van der Waals surface area contributed by atoms with E-state index in [0.29, 0.717) is 18.7 Å². The molecule has 0 spiro atoms. The first kappa shape index (κ1) is 12.6. The van der Waals surface area contributed by atoms with E-state index >= 15 is 0 Å². The normalized spacial score (nSPS) is 22.7. The summed E-state index contributed by atoms with van der Waals surface area (Å²) in [6.07, 6.45) is 6.10. The third-order valence-corrected chi connectivity index (χ3v) is 5.89. The SMILES string of the molecule is NCc1ccn2cc(C3CCCCS3(=O)=O)nc2c1. The van der Waals surface area contributed by atoms with E-state index in [4.69, 9.17) is 5.73 Å². The highest BCUT2D eigenvalue weighted by atomic mass is 32.2. The molecule has 2 aromatic rings. The minimum Gasteiger partial charge on any atom is -0.326 e. The predicted octanol–water partition coefficient (Wildman–Crippen LogP) is 1.43. The molecule has 0 bridgehead atoms. The molecule has 19 heavy (non-hydrogen) atoms. The smallest absolute Gasteiger partial charge is 0.158 e. The van der Waals surface area contributed by atoms with E-state index in [9.17, 15) is 8.42 Å². The summed E-state index contributed by atoms with van der Waals surface area (Å²) in [5.41, 5.74) is 8.02. The van der Waals surface area contributed by atoms with Gasteiger partial charge in [-0.25, -0.2) is 13.4 Å². The predicted molar refractivity (Wildman–Crippen MR) is 73.5 cm³/mol. The van der Waals surface area contributed by atoms with Crippen molar-refractivity contribution < 1.29 is 8.42 Å². The Hall–Kier alpha value is -1.40. The number of aromatic nitrogens is 2. The van der Waals surface area contributed by atoms with Crippen molar-refractivity contribution in [1.29, 1.82) is 0 Å². The van der Waals surface area contributed by atoms with E-state index in [2.05, 4.69) is 4.98 Å². The van der Waals surface area contributed by atoms with Gasteiger partial charge in [0.2, 0.25) is 0 Å². The van der Waals surface area contributed by atoms with Gasteiger partial charge in [0.1, 0.15) is 10.9 Å². The number of sulfone groups is 1. The molecule has 1 fully saturated rings. The van der Waals surface area contributed by atoms with Crippen molar-refractivity contribution >= 4 is 15.5 Å². The van der Waals surface area contributed by atoms with Crippen molar-refractivity contribution in [3.05, 3.63) is 35.8 Å². The van der Waals surface area contributed by atoms with Crippen molar-refractivity contribution in [2.24, 2.45) is 5.73 Å². The Morgan fingerprint density at radius 1 is 1.42 bits per heavy atom. The third kappa shape index (κ3) is 2.26. The zero-order valence-electron chi connectivity index (χ0n) is 10.6. The Morgan fingerprint density at radius 3 is 3.00 bits per heavy atom. The summed E-state index contributed by atoms with van der Waals surface area (Å²) in [5.74, 6) is 0.277. The molecule has 0 aliphatic carbocycles. The largest absolute Gasteiger partial charge is 0.326 e. The molecule has 2 aromatic heterocycles. The van der Waals surface area contributed by atoms with Crippen molar-refractivity contribution in [2.45, 2.75) is 31.1 Å². The summed E-state index contributed by atoms with van der Waals surface area (Å²) in [6, 6.07) is 3.83. The lowest BCUT2D eigenvalue weighted by Gasteiger charge is -2.20. The van der Waals surface area contributed by atoms with Gasteiger partial charge in [-0.05, 0) is 30.5 Å². The molecule has 1 atom stereocenters. The van der Waals surface area contributed by atoms with Crippen LogP contribution in [-0.2, 0) is 16.4 Å². The van der Waals surface area contributed by atoms with Crippen LogP contribution < -0.4 is 5.73 Å². The van der Waals surface area contributed by atoms with Crippen LogP contribution in [0.4, 0.5) is 0 Å². The van der Waals surface area contributed by atoms with Crippen LogP contribution in [0.3, 0.4) is 0 Å². The lowest BCUT2D eigenvalue weighted by Crippen LogP contribution is -2.21. The molecule has 3 heterocycles. The molecule has 1 aliphatic heterocycles. The number of hydrogen-bond donors (Lipinski definition) is 1.